The van der Waals surface area contributed by atoms with Crippen molar-refractivity contribution in [3.05, 3.63) is 71.1 Å². The van der Waals surface area contributed by atoms with Gasteiger partial charge in [-0.05, 0) is 85.9 Å². The molecule has 5 aliphatic rings. The second-order valence-electron chi connectivity index (χ2n) is 18.0. The number of hydrogen-bond donors (Lipinski definition) is 2. The molecule has 0 radical (unpaired) electrons. The maximum absolute atomic E-state index is 14.8. The third-order valence-corrected chi connectivity index (χ3v) is 17.2. The molecule has 2 bridgehead atoms. The highest BCUT2D eigenvalue weighted by atomic mass is 28.4. The summed E-state index contributed by atoms with van der Waals surface area (Å²) in [5.74, 6) is -2.45. The first-order valence-electron chi connectivity index (χ1n) is 20.1. The minimum absolute atomic E-state index is 0.0526. The lowest BCUT2D eigenvalue weighted by Crippen LogP contribution is -2.61. The van der Waals surface area contributed by atoms with Gasteiger partial charge in [-0.15, -0.1) is 0 Å². The number of ether oxygens (including phenoxy) is 5. The molecule has 10 nitrogen and oxygen atoms in total. The molecule has 6 rings (SSSR count). The Bertz CT molecular complexity index is 1640. The van der Waals surface area contributed by atoms with Crippen LogP contribution in [0.25, 0.3) is 0 Å². The molecular weight excluding hydrogens is 703 g/mol. The van der Waals surface area contributed by atoms with E-state index in [0.717, 1.165) is 25.7 Å². The summed E-state index contributed by atoms with van der Waals surface area (Å²) in [7, 11) is -2.50. The van der Waals surface area contributed by atoms with Gasteiger partial charge in [0.2, 0.25) is 0 Å². The summed E-state index contributed by atoms with van der Waals surface area (Å²) in [6, 6.07) is 3.38. The highest BCUT2D eigenvalue weighted by molar-refractivity contribution is 6.74. The van der Waals surface area contributed by atoms with Gasteiger partial charge in [0.25, 0.3) is 0 Å². The van der Waals surface area contributed by atoms with Crippen LogP contribution in [0.4, 0.5) is 0 Å². The van der Waals surface area contributed by atoms with Crippen LogP contribution in [0.2, 0.25) is 18.1 Å². The van der Waals surface area contributed by atoms with Crippen LogP contribution in [0, 0.1) is 17.8 Å². The number of nitrogens with one attached hydrogen (secondary N) is 1. The molecule has 1 aromatic heterocycles. The standard InChI is InChI=1S/C43H63NO9Si/c1-10-36-29(4)18-19-42(52-36)24-33-23-32(51-42)17-16-28(3)21-27(2)13-11-14-31-26-48-38-37(53-54(8,9)41(5,6)7)30(22-34(39(45)50-33)43(31,38)47)25-49-40(46)35-15-12-20-44-35/h11-16,20,22,27,29,32-34,36-38,44,47H,10,17-19,21,23-26H2,1-9H3/b13-11+,28-16+,31-14+/t27-,29-,32+,33-,34-,36+,37+,38+,42+,43+/m0/s1. The molecule has 0 saturated carbocycles. The molecule has 5 heterocycles. The Balaban J connectivity index is 1.42. The minimum atomic E-state index is -2.50. The zero-order chi connectivity index (χ0) is 39.1. The number of fused-ring (bicyclic) bond motifs is 2. The summed E-state index contributed by atoms with van der Waals surface area (Å²) in [5, 5.41) is 12.9. The van der Waals surface area contributed by atoms with Gasteiger partial charge in [0.05, 0.1) is 24.9 Å². The van der Waals surface area contributed by atoms with Gasteiger partial charge in [-0.25, -0.2) is 4.79 Å². The predicted octanol–water partition coefficient (Wildman–Crippen LogP) is 8.12. The van der Waals surface area contributed by atoms with E-state index in [-0.39, 0.29) is 36.4 Å². The maximum atomic E-state index is 14.8. The zero-order valence-electron chi connectivity index (χ0n) is 33.8. The number of carbonyl (C=O) groups is 2. The number of aromatic nitrogens is 1. The lowest BCUT2D eigenvalue weighted by atomic mass is 9.70. The van der Waals surface area contributed by atoms with Crippen LogP contribution >= 0.6 is 0 Å². The van der Waals surface area contributed by atoms with Gasteiger partial charge < -0.3 is 38.2 Å². The molecule has 10 atom stereocenters. The first-order chi connectivity index (χ1) is 25.4. The average Bonchev–Trinajstić information content (AvgIpc) is 3.76. The number of aromatic amines is 1. The van der Waals surface area contributed by atoms with Crippen LogP contribution < -0.4 is 0 Å². The smallest absolute Gasteiger partial charge is 0.355 e. The largest absolute Gasteiger partial charge is 0.462 e. The van der Waals surface area contributed by atoms with Crippen LogP contribution in [0.15, 0.2) is 65.4 Å². The van der Waals surface area contributed by atoms with E-state index in [1.54, 1.807) is 24.4 Å². The number of carbonyl (C=O) groups excluding carboxylic acids is 2. The molecule has 3 fully saturated rings. The Morgan fingerprint density at radius 1 is 1.17 bits per heavy atom. The van der Waals surface area contributed by atoms with Gasteiger partial charge in [0.15, 0.2) is 14.1 Å². The van der Waals surface area contributed by atoms with Gasteiger partial charge in [0.1, 0.15) is 36.0 Å². The molecule has 1 aromatic rings. The molecule has 54 heavy (non-hydrogen) atoms. The van der Waals surface area contributed by atoms with Crippen molar-refractivity contribution in [1.29, 1.82) is 0 Å². The second kappa shape index (κ2) is 16.0. The minimum Gasteiger partial charge on any atom is -0.462 e. The van der Waals surface area contributed by atoms with Gasteiger partial charge in [-0.1, -0.05) is 77.5 Å². The Morgan fingerprint density at radius 2 is 1.94 bits per heavy atom. The molecule has 4 aliphatic heterocycles. The van der Waals surface area contributed by atoms with E-state index in [9.17, 15) is 14.7 Å². The van der Waals surface area contributed by atoms with Crippen LogP contribution in [0.5, 0.6) is 0 Å². The SMILES string of the molecule is CC[C@H]1O[C@]2(CC[C@@H]1C)C[C@@H]1C[C@@H](C/C=C(\C)C[C@@H](C)/C=C/C=C3\CO[C@@H]4[C@H](O[Si](C)(C)C(C)(C)C)C(COC(=O)c5ccc[nH]5)=C[C@@H](C(=O)O1)[C@]34O)O2. The topological polar surface area (TPSA) is 126 Å². The second-order valence-corrected chi connectivity index (χ2v) is 22.8. The van der Waals surface area contributed by atoms with Crippen molar-refractivity contribution in [2.75, 3.05) is 13.2 Å². The number of aliphatic hydroxyl groups is 1. The molecule has 0 amide bonds. The van der Waals surface area contributed by atoms with Crippen molar-refractivity contribution in [2.24, 2.45) is 17.8 Å². The lowest BCUT2D eigenvalue weighted by Gasteiger charge is -2.50. The van der Waals surface area contributed by atoms with Crippen molar-refractivity contribution in [3.8, 4) is 0 Å². The molecule has 0 aromatic carbocycles. The quantitative estimate of drug-likeness (QED) is 0.168. The van der Waals surface area contributed by atoms with Crippen molar-refractivity contribution in [3.63, 3.8) is 0 Å². The van der Waals surface area contributed by atoms with E-state index in [1.165, 1.54) is 5.57 Å². The molecule has 0 unspecified atom stereocenters. The Morgan fingerprint density at radius 3 is 2.65 bits per heavy atom. The van der Waals surface area contributed by atoms with E-state index in [2.05, 4.69) is 78.7 Å². The van der Waals surface area contributed by atoms with E-state index in [4.69, 9.17) is 28.1 Å². The summed E-state index contributed by atoms with van der Waals surface area (Å²) >= 11 is 0. The summed E-state index contributed by atoms with van der Waals surface area (Å²) in [5.41, 5.74) is 0.952. The lowest BCUT2D eigenvalue weighted by molar-refractivity contribution is -0.335. The van der Waals surface area contributed by atoms with Crippen LogP contribution in [-0.2, 0) is 32.9 Å². The van der Waals surface area contributed by atoms with Gasteiger partial charge in [-0.2, -0.15) is 0 Å². The summed E-state index contributed by atoms with van der Waals surface area (Å²) in [4.78, 5) is 30.8. The molecular formula is C43H63NO9Si. The van der Waals surface area contributed by atoms with Gasteiger partial charge >= 0.3 is 11.9 Å². The highest BCUT2D eigenvalue weighted by Gasteiger charge is 2.62. The fourth-order valence-corrected chi connectivity index (χ4v) is 9.82. The Hall–Kier alpha value is -2.80. The van der Waals surface area contributed by atoms with Crippen LogP contribution in [0.3, 0.4) is 0 Å². The average molecular weight is 766 g/mol. The summed E-state index contributed by atoms with van der Waals surface area (Å²) in [6.07, 6.45) is 14.3. The normalized spacial score (nSPS) is 39.0. The fraction of sp³-hybridized carbons (Fsp3) is 0.674. The van der Waals surface area contributed by atoms with E-state index < -0.39 is 55.9 Å². The number of rotatable bonds is 6. The first-order valence-corrected chi connectivity index (χ1v) is 23.0. The van der Waals surface area contributed by atoms with Gasteiger partial charge in [-0.3, -0.25) is 4.79 Å². The predicted molar refractivity (Wildman–Crippen MR) is 209 cm³/mol. The van der Waals surface area contributed by atoms with Gasteiger partial charge in [0, 0.05) is 25.5 Å². The molecule has 1 spiro atoms. The number of allylic oxidation sites excluding steroid dienone is 4. The van der Waals surface area contributed by atoms with Crippen molar-refractivity contribution < 1.29 is 42.8 Å². The number of esters is 2. The molecule has 2 N–H and O–H groups in total. The third-order valence-electron chi connectivity index (χ3n) is 12.8. The summed E-state index contributed by atoms with van der Waals surface area (Å²) < 4.78 is 39.5. The summed E-state index contributed by atoms with van der Waals surface area (Å²) in [6.45, 7) is 19.4. The Labute approximate surface area is 322 Å². The first kappa shape index (κ1) is 40.8. The van der Waals surface area contributed by atoms with E-state index in [1.807, 2.05) is 12.2 Å². The van der Waals surface area contributed by atoms with E-state index in [0.29, 0.717) is 42.0 Å². The highest BCUT2D eigenvalue weighted by Crippen LogP contribution is 2.50. The van der Waals surface area contributed by atoms with Crippen LogP contribution in [0.1, 0.15) is 104 Å². The van der Waals surface area contributed by atoms with Crippen LogP contribution in [-0.4, -0.2) is 85.5 Å². The zero-order valence-corrected chi connectivity index (χ0v) is 34.8. The molecule has 11 heteroatoms. The maximum Gasteiger partial charge on any atom is 0.355 e. The van der Waals surface area contributed by atoms with E-state index >= 15 is 0 Å². The van der Waals surface area contributed by atoms with Crippen molar-refractivity contribution in [2.45, 2.75) is 153 Å². The number of H-pyrrole nitrogens is 1. The Kier molecular flexibility index (Phi) is 12.1. The monoisotopic (exact) mass is 765 g/mol. The molecule has 1 aliphatic carbocycles. The number of hydrogen-bond acceptors (Lipinski definition) is 9. The molecule has 3 saturated heterocycles. The van der Waals surface area contributed by atoms with Crippen molar-refractivity contribution in [1.82, 2.24) is 4.98 Å². The van der Waals surface area contributed by atoms with Crippen molar-refractivity contribution >= 4 is 20.3 Å². The fourth-order valence-electron chi connectivity index (χ4n) is 8.56. The molecule has 298 valence electrons. The third kappa shape index (κ3) is 8.46.